The lowest BCUT2D eigenvalue weighted by Crippen LogP contribution is -2.20. The van der Waals surface area contributed by atoms with Gasteiger partial charge in [0, 0.05) is 5.75 Å². The molecule has 0 amide bonds. The van der Waals surface area contributed by atoms with Crippen LogP contribution in [0.1, 0.15) is 11.1 Å². The van der Waals surface area contributed by atoms with Crippen LogP contribution in [0.25, 0.3) is 11.6 Å². The smallest absolute Gasteiger partial charge is 0.200 e. The summed E-state index contributed by atoms with van der Waals surface area (Å²) in [5.74, 6) is 2.55. The maximum Gasteiger partial charge on any atom is 0.200 e. The molecule has 1 N–H and O–H groups in total. The van der Waals surface area contributed by atoms with E-state index in [4.69, 9.17) is 9.15 Å². The minimum absolute atomic E-state index is 0.218. The predicted octanol–water partition coefficient (Wildman–Crippen LogP) is 4.43. The van der Waals surface area contributed by atoms with Crippen LogP contribution in [0.4, 0.5) is 0 Å². The molecule has 0 unspecified atom stereocenters. The number of thioether (sulfide) groups is 1. The van der Waals surface area contributed by atoms with Gasteiger partial charge in [-0.05, 0) is 36.2 Å². The molecule has 4 rings (SSSR count). The SMILES string of the molecule is Cc1ccccc1OC[C@@H](O)CSc1nnc(-c2ccco2)n1Cc1ccccc1. The van der Waals surface area contributed by atoms with Crippen molar-refractivity contribution in [3.8, 4) is 17.3 Å². The van der Waals surface area contributed by atoms with Crippen LogP contribution in [0.15, 0.2) is 82.6 Å². The van der Waals surface area contributed by atoms with E-state index in [2.05, 4.69) is 22.3 Å². The first kappa shape index (κ1) is 20.3. The lowest BCUT2D eigenvalue weighted by Gasteiger charge is -2.14. The van der Waals surface area contributed by atoms with Crippen molar-refractivity contribution < 1.29 is 14.3 Å². The zero-order valence-corrected chi connectivity index (χ0v) is 17.5. The summed E-state index contributed by atoms with van der Waals surface area (Å²) < 4.78 is 13.3. The van der Waals surface area contributed by atoms with Gasteiger partial charge >= 0.3 is 0 Å². The molecule has 0 saturated carbocycles. The van der Waals surface area contributed by atoms with Gasteiger partial charge in [0.25, 0.3) is 0 Å². The van der Waals surface area contributed by atoms with Crippen LogP contribution in [-0.2, 0) is 6.54 Å². The minimum atomic E-state index is -0.636. The Balaban J connectivity index is 1.45. The van der Waals surface area contributed by atoms with Crippen LogP contribution < -0.4 is 4.74 Å². The number of hydrogen-bond acceptors (Lipinski definition) is 6. The molecule has 6 nitrogen and oxygen atoms in total. The molecule has 0 fully saturated rings. The van der Waals surface area contributed by atoms with Crippen molar-refractivity contribution in [3.63, 3.8) is 0 Å². The second-order valence-electron chi connectivity index (χ2n) is 6.90. The molecule has 0 radical (unpaired) electrons. The third-order valence-electron chi connectivity index (χ3n) is 4.57. The van der Waals surface area contributed by atoms with Gasteiger partial charge in [-0.1, -0.05) is 60.3 Å². The molecule has 2 aromatic carbocycles. The van der Waals surface area contributed by atoms with Crippen LogP contribution >= 0.6 is 11.8 Å². The standard InChI is InChI=1S/C23H23N3O3S/c1-17-8-5-6-11-20(17)29-15-19(27)16-30-23-25-24-22(21-12-7-13-28-21)26(23)14-18-9-3-2-4-10-18/h2-13,19,27H,14-16H2,1H3/t19-/m1/s1. The molecule has 4 aromatic rings. The van der Waals surface area contributed by atoms with Crippen molar-refractivity contribution in [1.82, 2.24) is 14.8 Å². The Labute approximate surface area is 179 Å². The van der Waals surface area contributed by atoms with Crippen LogP contribution in [0.5, 0.6) is 5.75 Å². The second-order valence-corrected chi connectivity index (χ2v) is 7.88. The Bertz CT molecular complexity index is 1060. The number of para-hydroxylation sites is 1. The number of furan rings is 1. The van der Waals surface area contributed by atoms with Gasteiger partial charge in [0.05, 0.1) is 18.9 Å². The number of aliphatic hydroxyl groups excluding tert-OH is 1. The highest BCUT2D eigenvalue weighted by atomic mass is 32.2. The molecule has 2 aromatic heterocycles. The first-order valence-electron chi connectivity index (χ1n) is 9.71. The molecule has 1 atom stereocenters. The van der Waals surface area contributed by atoms with E-state index in [1.54, 1.807) is 6.26 Å². The van der Waals surface area contributed by atoms with Gasteiger partial charge in [-0.15, -0.1) is 10.2 Å². The van der Waals surface area contributed by atoms with Gasteiger partial charge in [-0.3, -0.25) is 4.57 Å². The Morgan fingerprint density at radius 2 is 1.83 bits per heavy atom. The summed E-state index contributed by atoms with van der Waals surface area (Å²) in [6.45, 7) is 2.82. The van der Waals surface area contributed by atoms with Crippen molar-refractivity contribution in [2.24, 2.45) is 0 Å². The highest BCUT2D eigenvalue weighted by molar-refractivity contribution is 7.99. The van der Waals surface area contributed by atoms with Gasteiger partial charge in [0.15, 0.2) is 10.9 Å². The molecule has 0 aliphatic heterocycles. The van der Waals surface area contributed by atoms with E-state index in [0.29, 0.717) is 23.9 Å². The number of aliphatic hydroxyl groups is 1. The zero-order valence-electron chi connectivity index (χ0n) is 16.6. The Morgan fingerprint density at radius 3 is 2.60 bits per heavy atom. The monoisotopic (exact) mass is 421 g/mol. The van der Waals surface area contributed by atoms with Crippen molar-refractivity contribution in [2.75, 3.05) is 12.4 Å². The quantitative estimate of drug-likeness (QED) is 0.403. The van der Waals surface area contributed by atoms with Gasteiger partial charge in [0.2, 0.25) is 5.82 Å². The number of nitrogens with zero attached hydrogens (tertiary/aromatic N) is 3. The summed E-state index contributed by atoms with van der Waals surface area (Å²) in [7, 11) is 0. The number of aryl methyl sites for hydroxylation is 1. The highest BCUT2D eigenvalue weighted by Gasteiger charge is 2.18. The van der Waals surface area contributed by atoms with Gasteiger partial charge in [-0.25, -0.2) is 0 Å². The van der Waals surface area contributed by atoms with Gasteiger partial charge < -0.3 is 14.3 Å². The molecule has 0 spiro atoms. The van der Waals surface area contributed by atoms with Crippen molar-refractivity contribution >= 4 is 11.8 Å². The molecule has 7 heteroatoms. The van der Waals surface area contributed by atoms with Crippen LogP contribution in [-0.4, -0.2) is 38.3 Å². The number of hydrogen-bond donors (Lipinski definition) is 1. The lowest BCUT2D eigenvalue weighted by atomic mass is 10.2. The summed E-state index contributed by atoms with van der Waals surface area (Å²) in [4.78, 5) is 0. The zero-order chi connectivity index (χ0) is 20.8. The Kier molecular flexibility index (Phi) is 6.51. The van der Waals surface area contributed by atoms with Crippen molar-refractivity contribution in [1.29, 1.82) is 0 Å². The molecule has 0 saturated heterocycles. The summed E-state index contributed by atoms with van der Waals surface area (Å²) in [6.07, 6.45) is 0.986. The third kappa shape index (κ3) is 4.93. The molecule has 0 bridgehead atoms. The lowest BCUT2D eigenvalue weighted by molar-refractivity contribution is 0.126. The fraction of sp³-hybridized carbons (Fsp3) is 0.217. The van der Waals surface area contributed by atoms with E-state index < -0.39 is 6.10 Å². The van der Waals surface area contributed by atoms with E-state index in [0.717, 1.165) is 22.0 Å². The maximum atomic E-state index is 10.4. The first-order valence-corrected chi connectivity index (χ1v) is 10.7. The summed E-state index contributed by atoms with van der Waals surface area (Å²) in [5.41, 5.74) is 2.18. The van der Waals surface area contributed by atoms with E-state index in [1.165, 1.54) is 11.8 Å². The molecule has 30 heavy (non-hydrogen) atoms. The summed E-state index contributed by atoms with van der Waals surface area (Å²) >= 11 is 1.45. The first-order chi connectivity index (χ1) is 14.7. The van der Waals surface area contributed by atoms with Crippen LogP contribution in [0, 0.1) is 6.92 Å². The number of ether oxygens (including phenoxy) is 1. The average molecular weight is 422 g/mol. The Morgan fingerprint density at radius 1 is 1.03 bits per heavy atom. The topological polar surface area (TPSA) is 73.3 Å². The average Bonchev–Trinajstić information content (AvgIpc) is 3.42. The fourth-order valence-electron chi connectivity index (χ4n) is 3.02. The highest BCUT2D eigenvalue weighted by Crippen LogP contribution is 2.26. The second kappa shape index (κ2) is 9.65. The number of aromatic nitrogens is 3. The normalized spacial score (nSPS) is 12.1. The summed E-state index contributed by atoms with van der Waals surface area (Å²) in [5, 5.41) is 19.8. The van der Waals surface area contributed by atoms with E-state index in [-0.39, 0.29) is 6.61 Å². The molecule has 2 heterocycles. The molecule has 0 aliphatic carbocycles. The van der Waals surface area contributed by atoms with Crippen LogP contribution in [0.3, 0.4) is 0 Å². The van der Waals surface area contributed by atoms with E-state index in [1.807, 2.05) is 66.1 Å². The molecular weight excluding hydrogens is 398 g/mol. The predicted molar refractivity (Wildman–Crippen MR) is 117 cm³/mol. The van der Waals surface area contributed by atoms with E-state index in [9.17, 15) is 5.11 Å². The van der Waals surface area contributed by atoms with Crippen molar-refractivity contribution in [3.05, 3.63) is 84.1 Å². The van der Waals surface area contributed by atoms with Gasteiger partial charge in [-0.2, -0.15) is 0 Å². The third-order valence-corrected chi connectivity index (χ3v) is 5.68. The minimum Gasteiger partial charge on any atom is -0.491 e. The van der Waals surface area contributed by atoms with E-state index >= 15 is 0 Å². The molecule has 154 valence electrons. The largest absolute Gasteiger partial charge is 0.491 e. The fourth-order valence-corrected chi connectivity index (χ4v) is 3.86. The molecule has 0 aliphatic rings. The van der Waals surface area contributed by atoms with Gasteiger partial charge in [0.1, 0.15) is 12.4 Å². The maximum absolute atomic E-state index is 10.4. The number of rotatable bonds is 9. The summed E-state index contributed by atoms with van der Waals surface area (Å²) in [6, 6.07) is 21.6. The number of benzene rings is 2. The van der Waals surface area contributed by atoms with Crippen molar-refractivity contribution in [2.45, 2.75) is 24.7 Å². The Hall–Kier alpha value is -3.03. The molecular formula is C23H23N3O3S. The van der Waals surface area contributed by atoms with Crippen LogP contribution in [0.2, 0.25) is 0 Å².